The van der Waals surface area contributed by atoms with Gasteiger partial charge in [-0.15, -0.1) is 11.3 Å². The molecule has 1 N–H and O–H groups in total. The largest absolute Gasteiger partial charge is 0.481 e. The molecule has 1 aromatic heterocycles. The van der Waals surface area contributed by atoms with Crippen LogP contribution in [-0.4, -0.2) is 35.0 Å². The molecule has 0 bridgehead atoms. The Balaban J connectivity index is 2.13. The van der Waals surface area contributed by atoms with Crippen LogP contribution in [0.25, 0.3) is 0 Å². The van der Waals surface area contributed by atoms with Crippen molar-refractivity contribution in [2.45, 2.75) is 33.6 Å². The third kappa shape index (κ3) is 2.73. The number of carboxylic acid groups (broad SMARTS) is 1. The number of piperidine rings is 1. The van der Waals surface area contributed by atoms with Crippen LogP contribution in [-0.2, 0) is 4.79 Å². The maximum absolute atomic E-state index is 12.5. The van der Waals surface area contributed by atoms with Gasteiger partial charge in [0.1, 0.15) is 0 Å². The van der Waals surface area contributed by atoms with Crippen LogP contribution in [0, 0.1) is 18.3 Å². The normalized spacial score (nSPS) is 19.9. The van der Waals surface area contributed by atoms with Crippen LogP contribution < -0.4 is 0 Å². The average molecular weight is 295 g/mol. The highest BCUT2D eigenvalue weighted by Gasteiger charge is 2.40. The Bertz CT molecular complexity index is 521. The van der Waals surface area contributed by atoms with Crippen molar-refractivity contribution in [1.29, 1.82) is 0 Å². The minimum absolute atomic E-state index is 0.0120. The van der Waals surface area contributed by atoms with E-state index in [2.05, 4.69) is 0 Å². The summed E-state index contributed by atoms with van der Waals surface area (Å²) < 4.78 is 0. The zero-order valence-electron chi connectivity index (χ0n) is 12.2. The van der Waals surface area contributed by atoms with E-state index in [1.165, 1.54) is 11.3 Å². The molecule has 0 radical (unpaired) electrons. The maximum atomic E-state index is 12.5. The number of aryl methyl sites for hydroxylation is 1. The van der Waals surface area contributed by atoms with E-state index in [-0.39, 0.29) is 11.8 Å². The first-order valence-corrected chi connectivity index (χ1v) is 7.78. The molecule has 0 aliphatic carbocycles. The second-order valence-electron chi connectivity index (χ2n) is 6.05. The number of rotatable bonds is 3. The van der Waals surface area contributed by atoms with Gasteiger partial charge in [0.05, 0.1) is 10.3 Å². The molecular formula is C15H21NO3S. The van der Waals surface area contributed by atoms with E-state index < -0.39 is 11.4 Å². The molecule has 1 fully saturated rings. The highest BCUT2D eigenvalue weighted by Crippen LogP contribution is 2.35. The lowest BCUT2D eigenvalue weighted by molar-refractivity contribution is -0.151. The quantitative estimate of drug-likeness (QED) is 0.932. The molecule has 1 saturated heterocycles. The van der Waals surface area contributed by atoms with Gasteiger partial charge in [-0.3, -0.25) is 9.59 Å². The van der Waals surface area contributed by atoms with Gasteiger partial charge in [0.2, 0.25) is 0 Å². The Morgan fingerprint density at radius 1 is 1.45 bits per heavy atom. The lowest BCUT2D eigenvalue weighted by Crippen LogP contribution is -2.46. The van der Waals surface area contributed by atoms with Crippen molar-refractivity contribution in [2.24, 2.45) is 11.3 Å². The first kappa shape index (κ1) is 15.0. The van der Waals surface area contributed by atoms with Gasteiger partial charge in [-0.05, 0) is 56.5 Å². The molecule has 20 heavy (non-hydrogen) atoms. The summed E-state index contributed by atoms with van der Waals surface area (Å²) in [4.78, 5) is 26.5. The monoisotopic (exact) mass is 295 g/mol. The molecule has 110 valence electrons. The first-order valence-electron chi connectivity index (χ1n) is 6.90. The zero-order chi connectivity index (χ0) is 14.9. The summed E-state index contributed by atoms with van der Waals surface area (Å²) in [7, 11) is 0. The maximum Gasteiger partial charge on any atom is 0.309 e. The third-order valence-corrected chi connectivity index (χ3v) is 5.34. The summed E-state index contributed by atoms with van der Waals surface area (Å²) in [6, 6.07) is 1.94. The van der Waals surface area contributed by atoms with Gasteiger partial charge in [0.25, 0.3) is 5.91 Å². The number of carbonyl (C=O) groups excluding carboxylic acids is 1. The van der Waals surface area contributed by atoms with E-state index in [1.807, 2.05) is 23.3 Å². The van der Waals surface area contributed by atoms with E-state index >= 15 is 0 Å². The van der Waals surface area contributed by atoms with Crippen LogP contribution in [0.3, 0.4) is 0 Å². The second kappa shape index (κ2) is 5.56. The number of likely N-dealkylation sites (tertiary alicyclic amines) is 1. The molecule has 4 nitrogen and oxygen atoms in total. The molecule has 1 aliphatic heterocycles. The van der Waals surface area contributed by atoms with E-state index in [0.29, 0.717) is 6.54 Å². The van der Waals surface area contributed by atoms with Gasteiger partial charge >= 0.3 is 5.97 Å². The van der Waals surface area contributed by atoms with Gasteiger partial charge in [-0.25, -0.2) is 0 Å². The highest BCUT2D eigenvalue weighted by atomic mass is 32.1. The van der Waals surface area contributed by atoms with Gasteiger partial charge in [-0.2, -0.15) is 0 Å². The molecule has 1 aromatic rings. The number of carbonyl (C=O) groups is 2. The minimum atomic E-state index is -0.788. The van der Waals surface area contributed by atoms with Gasteiger partial charge in [-0.1, -0.05) is 0 Å². The Kier molecular flexibility index (Phi) is 4.18. The summed E-state index contributed by atoms with van der Waals surface area (Å²) in [5.41, 5.74) is 0.211. The fraction of sp³-hybridized carbons (Fsp3) is 0.600. The minimum Gasteiger partial charge on any atom is -0.481 e. The summed E-state index contributed by atoms with van der Waals surface area (Å²) in [5.74, 6) is -0.731. The molecule has 1 atom stereocenters. The van der Waals surface area contributed by atoms with Crippen molar-refractivity contribution in [3.63, 3.8) is 0 Å². The number of hydrogen-bond donors (Lipinski definition) is 1. The SMILES string of the molecule is Cc1ccsc1C(=O)N1CCCC(C(C)(C)C(=O)O)C1. The number of amides is 1. The molecule has 1 amide bonds. The predicted molar refractivity (Wildman–Crippen MR) is 79.1 cm³/mol. The van der Waals surface area contributed by atoms with Crippen molar-refractivity contribution in [1.82, 2.24) is 4.90 Å². The molecular weight excluding hydrogens is 274 g/mol. The zero-order valence-corrected chi connectivity index (χ0v) is 13.0. The number of aliphatic carboxylic acids is 1. The third-order valence-electron chi connectivity index (χ3n) is 4.34. The van der Waals surface area contributed by atoms with Crippen molar-refractivity contribution in [3.05, 3.63) is 21.9 Å². The van der Waals surface area contributed by atoms with Gasteiger partial charge in [0, 0.05) is 13.1 Å². The van der Waals surface area contributed by atoms with Crippen molar-refractivity contribution >= 4 is 23.2 Å². The van der Waals surface area contributed by atoms with Crippen molar-refractivity contribution in [3.8, 4) is 0 Å². The summed E-state index contributed by atoms with van der Waals surface area (Å²) in [5, 5.41) is 11.3. The van der Waals surface area contributed by atoms with Crippen LogP contribution in [0.4, 0.5) is 0 Å². The Hall–Kier alpha value is -1.36. The van der Waals surface area contributed by atoms with E-state index in [9.17, 15) is 14.7 Å². The van der Waals surface area contributed by atoms with Crippen LogP contribution in [0.5, 0.6) is 0 Å². The van der Waals surface area contributed by atoms with E-state index in [1.54, 1.807) is 13.8 Å². The number of nitrogens with zero attached hydrogens (tertiary/aromatic N) is 1. The number of thiophene rings is 1. The van der Waals surface area contributed by atoms with Crippen LogP contribution >= 0.6 is 11.3 Å². The fourth-order valence-corrected chi connectivity index (χ4v) is 3.55. The molecule has 1 unspecified atom stereocenters. The Morgan fingerprint density at radius 2 is 2.15 bits per heavy atom. The number of hydrogen-bond acceptors (Lipinski definition) is 3. The lowest BCUT2D eigenvalue weighted by atomic mass is 9.74. The molecule has 0 saturated carbocycles. The van der Waals surface area contributed by atoms with Crippen LogP contribution in [0.2, 0.25) is 0 Å². The molecule has 2 rings (SSSR count). The van der Waals surface area contributed by atoms with Crippen molar-refractivity contribution < 1.29 is 14.7 Å². The average Bonchev–Trinajstić information content (AvgIpc) is 2.84. The summed E-state index contributed by atoms with van der Waals surface area (Å²) >= 11 is 1.46. The van der Waals surface area contributed by atoms with Gasteiger partial charge < -0.3 is 10.0 Å². The number of carboxylic acids is 1. The smallest absolute Gasteiger partial charge is 0.309 e. The highest BCUT2D eigenvalue weighted by molar-refractivity contribution is 7.12. The van der Waals surface area contributed by atoms with E-state index in [0.717, 1.165) is 29.8 Å². The summed E-state index contributed by atoms with van der Waals surface area (Å²) in [6.07, 6.45) is 1.74. The standard InChI is InChI=1S/C15H21NO3S/c1-10-6-8-20-12(10)13(17)16-7-4-5-11(9-16)15(2,3)14(18)19/h6,8,11H,4-5,7,9H2,1-3H3,(H,18,19). The predicted octanol–water partition coefficient (Wildman–Crippen LogP) is 3.02. The summed E-state index contributed by atoms with van der Waals surface area (Å²) in [6.45, 7) is 6.71. The fourth-order valence-electron chi connectivity index (χ4n) is 2.66. The molecule has 0 spiro atoms. The van der Waals surface area contributed by atoms with Crippen molar-refractivity contribution in [2.75, 3.05) is 13.1 Å². The van der Waals surface area contributed by atoms with E-state index in [4.69, 9.17) is 0 Å². The first-order chi connectivity index (χ1) is 9.34. The lowest BCUT2D eigenvalue weighted by Gasteiger charge is -2.39. The molecule has 2 heterocycles. The van der Waals surface area contributed by atoms with Gasteiger partial charge in [0.15, 0.2) is 0 Å². The molecule has 5 heteroatoms. The topological polar surface area (TPSA) is 57.6 Å². The van der Waals surface area contributed by atoms with Crippen LogP contribution in [0.15, 0.2) is 11.4 Å². The second-order valence-corrected chi connectivity index (χ2v) is 6.97. The Labute approximate surface area is 123 Å². The Morgan fingerprint density at radius 3 is 2.70 bits per heavy atom. The molecule has 1 aliphatic rings. The molecule has 0 aromatic carbocycles. The van der Waals surface area contributed by atoms with Crippen LogP contribution in [0.1, 0.15) is 41.9 Å².